The van der Waals surface area contributed by atoms with Crippen molar-refractivity contribution in [2.75, 3.05) is 0 Å². The number of benzene rings is 1. The van der Waals surface area contributed by atoms with Gasteiger partial charge in [0.15, 0.2) is 11.6 Å². The van der Waals surface area contributed by atoms with Crippen LogP contribution in [-0.4, -0.2) is 0 Å². The summed E-state index contributed by atoms with van der Waals surface area (Å²) in [6.07, 6.45) is 5.76. The van der Waals surface area contributed by atoms with E-state index in [4.69, 9.17) is 0 Å². The summed E-state index contributed by atoms with van der Waals surface area (Å²) in [4.78, 5) is 0. The minimum Gasteiger partial charge on any atom is -0.204 e. The van der Waals surface area contributed by atoms with Crippen molar-refractivity contribution < 1.29 is 8.78 Å². The van der Waals surface area contributed by atoms with Gasteiger partial charge in [0.05, 0.1) is 0 Å². The molecule has 82 valence electrons. The van der Waals surface area contributed by atoms with Gasteiger partial charge in [0.25, 0.3) is 0 Å². The van der Waals surface area contributed by atoms with E-state index in [9.17, 15) is 8.78 Å². The molecule has 0 nitrogen and oxygen atoms in total. The average Bonchev–Trinajstić information content (AvgIpc) is 2.22. The first-order valence-corrected chi connectivity index (χ1v) is 5.25. The van der Waals surface area contributed by atoms with Gasteiger partial charge in [-0.3, -0.25) is 0 Å². The largest absolute Gasteiger partial charge is 0.204 e. The summed E-state index contributed by atoms with van der Waals surface area (Å²) in [5.74, 6) is -1.46. The Kier molecular flexibility index (Phi) is 4.47. The molecule has 0 aliphatic heterocycles. The molecule has 0 aliphatic rings. The van der Waals surface area contributed by atoms with E-state index in [0.717, 1.165) is 18.9 Å². The third-order valence-corrected chi connectivity index (χ3v) is 2.40. The summed E-state index contributed by atoms with van der Waals surface area (Å²) >= 11 is 0. The second-order valence-corrected chi connectivity index (χ2v) is 3.66. The van der Waals surface area contributed by atoms with Crippen LogP contribution >= 0.6 is 0 Å². The van der Waals surface area contributed by atoms with Crippen LogP contribution in [0.2, 0.25) is 0 Å². The van der Waals surface area contributed by atoms with Gasteiger partial charge in [-0.2, -0.15) is 0 Å². The van der Waals surface area contributed by atoms with Crippen LogP contribution in [0.4, 0.5) is 8.78 Å². The molecule has 2 heteroatoms. The third-order valence-electron chi connectivity index (χ3n) is 2.40. The fourth-order valence-electron chi connectivity index (χ4n) is 1.50. The summed E-state index contributed by atoms with van der Waals surface area (Å²) < 4.78 is 26.3. The van der Waals surface area contributed by atoms with Gasteiger partial charge in [-0.05, 0) is 30.4 Å². The van der Waals surface area contributed by atoms with Crippen molar-refractivity contribution in [1.29, 1.82) is 0 Å². The monoisotopic (exact) mass is 210 g/mol. The van der Waals surface area contributed by atoms with Gasteiger partial charge in [-0.1, -0.05) is 38.1 Å². The van der Waals surface area contributed by atoms with Crippen molar-refractivity contribution in [2.45, 2.75) is 32.6 Å². The summed E-state index contributed by atoms with van der Waals surface area (Å²) in [5.41, 5.74) is 0.454. The Morgan fingerprint density at radius 1 is 1.27 bits per heavy atom. The Balaban J connectivity index is 2.77. The summed E-state index contributed by atoms with van der Waals surface area (Å²) in [6.45, 7) is 3.95. The summed E-state index contributed by atoms with van der Waals surface area (Å²) in [5, 5.41) is 0. The van der Waals surface area contributed by atoms with E-state index in [1.165, 1.54) is 0 Å². The highest BCUT2D eigenvalue weighted by molar-refractivity contribution is 5.23. The van der Waals surface area contributed by atoms with E-state index in [1.54, 1.807) is 12.1 Å². The molecule has 0 radical (unpaired) electrons. The van der Waals surface area contributed by atoms with Crippen molar-refractivity contribution in [1.82, 2.24) is 0 Å². The Morgan fingerprint density at radius 3 is 2.67 bits per heavy atom. The summed E-state index contributed by atoms with van der Waals surface area (Å²) in [6, 6.07) is 4.34. The first-order chi connectivity index (χ1) is 7.16. The number of allylic oxidation sites excluding steroid dienone is 2. The van der Waals surface area contributed by atoms with Crippen LogP contribution in [0.25, 0.3) is 0 Å². The molecule has 0 saturated carbocycles. The zero-order valence-electron chi connectivity index (χ0n) is 9.13. The maximum absolute atomic E-state index is 13.4. The Hall–Kier alpha value is -1.18. The van der Waals surface area contributed by atoms with Gasteiger partial charge in [0, 0.05) is 0 Å². The van der Waals surface area contributed by atoms with Crippen LogP contribution in [0.5, 0.6) is 0 Å². The van der Waals surface area contributed by atoms with Crippen molar-refractivity contribution in [3.8, 4) is 0 Å². The van der Waals surface area contributed by atoms with Crippen molar-refractivity contribution in [3.05, 3.63) is 47.5 Å². The lowest BCUT2D eigenvalue weighted by molar-refractivity contribution is 0.491. The predicted molar refractivity (Wildman–Crippen MR) is 58.8 cm³/mol. The minimum atomic E-state index is -0.765. The minimum absolute atomic E-state index is 0.0171. The first-order valence-electron chi connectivity index (χ1n) is 5.25. The zero-order valence-corrected chi connectivity index (χ0v) is 9.13. The van der Waals surface area contributed by atoms with Crippen molar-refractivity contribution in [3.63, 3.8) is 0 Å². The van der Waals surface area contributed by atoms with Gasteiger partial charge >= 0.3 is 0 Å². The van der Waals surface area contributed by atoms with E-state index in [0.29, 0.717) is 5.56 Å². The molecule has 1 atom stereocenters. The standard InChI is InChI=1S/C13H16F2/c1-3-4-5-7-10(2)11-8-6-9-12(14)13(11)15/h4-6,8-10H,3,7H2,1-2H3/b5-4-. The van der Waals surface area contributed by atoms with Crippen molar-refractivity contribution >= 4 is 0 Å². The van der Waals surface area contributed by atoms with Crippen LogP contribution in [-0.2, 0) is 0 Å². The highest BCUT2D eigenvalue weighted by atomic mass is 19.2. The molecule has 0 aliphatic carbocycles. The Labute approximate surface area is 89.6 Å². The molecule has 1 aromatic carbocycles. The van der Waals surface area contributed by atoms with Crippen LogP contribution in [0.3, 0.4) is 0 Å². The van der Waals surface area contributed by atoms with Crippen LogP contribution in [0.15, 0.2) is 30.4 Å². The molecule has 15 heavy (non-hydrogen) atoms. The molecule has 0 fully saturated rings. The van der Waals surface area contributed by atoms with E-state index < -0.39 is 11.6 Å². The number of hydrogen-bond acceptors (Lipinski definition) is 0. The molecule has 0 spiro atoms. The maximum atomic E-state index is 13.4. The first kappa shape index (κ1) is 11.9. The topological polar surface area (TPSA) is 0 Å². The Morgan fingerprint density at radius 2 is 2.00 bits per heavy atom. The highest BCUT2D eigenvalue weighted by Crippen LogP contribution is 2.23. The molecule has 0 saturated heterocycles. The van der Waals surface area contributed by atoms with E-state index >= 15 is 0 Å². The zero-order chi connectivity index (χ0) is 11.3. The van der Waals surface area contributed by atoms with E-state index in [-0.39, 0.29) is 5.92 Å². The Bertz CT molecular complexity index is 342. The number of hydrogen-bond donors (Lipinski definition) is 0. The van der Waals surface area contributed by atoms with Gasteiger partial charge in [-0.15, -0.1) is 0 Å². The number of halogens is 2. The molecular formula is C13H16F2. The molecule has 0 amide bonds. The molecule has 0 heterocycles. The average molecular weight is 210 g/mol. The van der Waals surface area contributed by atoms with E-state index in [2.05, 4.69) is 0 Å². The quantitative estimate of drug-likeness (QED) is 0.645. The second kappa shape index (κ2) is 5.64. The van der Waals surface area contributed by atoms with Gasteiger partial charge in [-0.25, -0.2) is 8.78 Å². The van der Waals surface area contributed by atoms with Crippen LogP contribution < -0.4 is 0 Å². The van der Waals surface area contributed by atoms with Gasteiger partial charge < -0.3 is 0 Å². The molecule has 1 aromatic rings. The lowest BCUT2D eigenvalue weighted by atomic mass is 9.97. The lowest BCUT2D eigenvalue weighted by Crippen LogP contribution is -1.98. The normalized spacial score (nSPS) is 13.3. The molecule has 0 aromatic heterocycles. The van der Waals surface area contributed by atoms with Crippen LogP contribution in [0, 0.1) is 11.6 Å². The second-order valence-electron chi connectivity index (χ2n) is 3.66. The fraction of sp³-hybridized carbons (Fsp3) is 0.385. The predicted octanol–water partition coefficient (Wildman–Crippen LogP) is 4.42. The lowest BCUT2D eigenvalue weighted by Gasteiger charge is -2.10. The number of rotatable bonds is 4. The highest BCUT2D eigenvalue weighted by Gasteiger charge is 2.12. The molecular weight excluding hydrogens is 194 g/mol. The van der Waals surface area contributed by atoms with E-state index in [1.807, 2.05) is 26.0 Å². The van der Waals surface area contributed by atoms with Crippen LogP contribution in [0.1, 0.15) is 38.2 Å². The molecule has 1 rings (SSSR count). The molecule has 0 N–H and O–H groups in total. The smallest absolute Gasteiger partial charge is 0.162 e. The van der Waals surface area contributed by atoms with Crippen molar-refractivity contribution in [2.24, 2.45) is 0 Å². The summed E-state index contributed by atoms with van der Waals surface area (Å²) in [7, 11) is 0. The van der Waals surface area contributed by atoms with Gasteiger partial charge in [0.2, 0.25) is 0 Å². The third kappa shape index (κ3) is 3.15. The molecule has 0 bridgehead atoms. The fourth-order valence-corrected chi connectivity index (χ4v) is 1.50. The molecule has 1 unspecified atom stereocenters. The SMILES string of the molecule is CC/C=C\CC(C)c1cccc(F)c1F. The maximum Gasteiger partial charge on any atom is 0.162 e. The van der Waals surface area contributed by atoms with Gasteiger partial charge in [0.1, 0.15) is 0 Å².